The molecular weight excluding hydrogens is 931 g/mol. The van der Waals surface area contributed by atoms with Crippen molar-refractivity contribution in [2.45, 2.75) is 82.8 Å². The molecule has 4 aromatic carbocycles. The number of ether oxygens (including phenoxy) is 7. The van der Waals surface area contributed by atoms with Gasteiger partial charge >= 0.3 is 0 Å². The molecule has 0 radical (unpaired) electrons. The molecule has 0 saturated heterocycles. The molecule has 14 nitrogen and oxygen atoms in total. The smallest absolute Gasteiger partial charge is 0.261 e. The molecule has 2 atom stereocenters. The van der Waals surface area contributed by atoms with Crippen LogP contribution in [0, 0.1) is 0 Å². The molecule has 4 aliphatic rings. The molecule has 0 unspecified atom stereocenters. The quantitative estimate of drug-likeness (QED) is 0.0670. The van der Waals surface area contributed by atoms with Crippen molar-refractivity contribution >= 4 is 52.5 Å². The molecule has 0 bridgehead atoms. The molecule has 1 N–H and O–H groups in total. The molecule has 72 heavy (non-hydrogen) atoms. The number of thioether (sulfide) groups is 1. The van der Waals surface area contributed by atoms with Crippen molar-refractivity contribution in [2.24, 2.45) is 4.99 Å². The minimum Gasteiger partial charge on any atom is -0.493 e. The first-order chi connectivity index (χ1) is 34.8. The Hall–Kier alpha value is -6.26. The van der Waals surface area contributed by atoms with E-state index in [4.69, 9.17) is 38.2 Å². The normalized spacial score (nSPS) is 17.0. The summed E-state index contributed by atoms with van der Waals surface area (Å²) in [5, 5.41) is 3.97. The number of methoxy groups -OCH3 is 3. The summed E-state index contributed by atoms with van der Waals surface area (Å²) < 4.78 is 41.9. The van der Waals surface area contributed by atoms with E-state index >= 15 is 0 Å². The van der Waals surface area contributed by atoms with E-state index in [1.807, 2.05) is 66.2 Å². The third-order valence-electron chi connectivity index (χ3n) is 13.0. The van der Waals surface area contributed by atoms with Gasteiger partial charge in [-0.2, -0.15) is 11.8 Å². The van der Waals surface area contributed by atoms with Gasteiger partial charge in [-0.05, 0) is 97.2 Å². The SMILES string of the molecule is C=CC1=C(/C=C\C)C[C@H]2C=Nc3cc(OCc4cc(COc5cc6c(cc5OC)C(=O)N5c7ccccc7C[C@H]5CN6)cc(N(CCOCCOCCOC)CC(C)(C)SC(C)C)c4)c(OC)cc3C(=O)N12. The zero-order valence-corrected chi connectivity index (χ0v) is 43.8. The van der Waals surface area contributed by atoms with Gasteiger partial charge in [-0.1, -0.05) is 50.8 Å². The first-order valence-corrected chi connectivity index (χ1v) is 25.6. The van der Waals surface area contributed by atoms with E-state index in [0.717, 1.165) is 46.7 Å². The number of anilines is 3. The van der Waals surface area contributed by atoms with Crippen molar-refractivity contribution in [2.75, 3.05) is 89.1 Å². The first kappa shape index (κ1) is 52.1. The minimum absolute atomic E-state index is 0.00841. The van der Waals surface area contributed by atoms with E-state index < -0.39 is 0 Å². The van der Waals surface area contributed by atoms with E-state index in [1.165, 1.54) is 5.56 Å². The number of hydrogen-bond acceptors (Lipinski definition) is 13. The van der Waals surface area contributed by atoms with Crippen molar-refractivity contribution in [3.8, 4) is 23.0 Å². The fourth-order valence-corrected chi connectivity index (χ4v) is 11.5. The molecule has 0 fully saturated rings. The Kier molecular flexibility index (Phi) is 17.0. The van der Waals surface area contributed by atoms with Gasteiger partial charge in [0.25, 0.3) is 11.8 Å². The van der Waals surface area contributed by atoms with Crippen LogP contribution in [0.1, 0.15) is 78.4 Å². The Balaban J connectivity index is 1.09. The highest BCUT2D eigenvalue weighted by Crippen LogP contribution is 2.43. The lowest BCUT2D eigenvalue weighted by Crippen LogP contribution is -2.39. The Bertz CT molecular complexity index is 2720. The summed E-state index contributed by atoms with van der Waals surface area (Å²) in [5.41, 5.74) is 8.82. The lowest BCUT2D eigenvalue weighted by Gasteiger charge is -2.35. The van der Waals surface area contributed by atoms with Crippen LogP contribution >= 0.6 is 11.8 Å². The van der Waals surface area contributed by atoms with Crippen molar-refractivity contribution in [1.29, 1.82) is 0 Å². The zero-order chi connectivity index (χ0) is 50.9. The van der Waals surface area contributed by atoms with Crippen LogP contribution < -0.4 is 34.1 Å². The number of rotatable bonds is 24. The zero-order valence-electron chi connectivity index (χ0n) is 43.0. The van der Waals surface area contributed by atoms with E-state index in [9.17, 15) is 9.59 Å². The maximum atomic E-state index is 14.2. The fraction of sp³-hybridized carbons (Fsp3) is 0.421. The standard InChI is InChI=1S/C57H69N5O9S/c1-10-14-40-26-43-32-58-47-30-53(51(66-8)28-45(47)55(63)61(43)49(40)11-2)70-34-38-23-39(25-42(24-38)60(36-57(5,6)72-37(3)4)17-18-68-21-22-69-20-19-65-7)35-71-54-31-48-46(29-52(54)67-9)56(64)62-44(33-59-48)27-41-15-12-13-16-50(41)62/h10-16,23-25,28-32,37,43-44,59H,2,17-22,26-27,33-36H2,1,3-9H3/b14-10-/t43-,44-/m0/s1. The number of carbonyl (C=O) groups excluding carboxylic acids is 2. The molecule has 0 saturated carbocycles. The maximum absolute atomic E-state index is 14.2. The number of aliphatic imine (C=N–C) groups is 1. The summed E-state index contributed by atoms with van der Waals surface area (Å²) >= 11 is 1.93. The highest BCUT2D eigenvalue weighted by molar-refractivity contribution is 8.01. The van der Waals surface area contributed by atoms with Crippen molar-refractivity contribution in [3.05, 3.63) is 131 Å². The molecule has 4 aromatic rings. The largest absolute Gasteiger partial charge is 0.493 e. The predicted molar refractivity (Wildman–Crippen MR) is 288 cm³/mol. The number of fused-ring (bicyclic) bond motifs is 6. The van der Waals surface area contributed by atoms with E-state index in [1.54, 1.807) is 50.5 Å². The van der Waals surface area contributed by atoms with Crippen LogP contribution in [0.25, 0.3) is 0 Å². The van der Waals surface area contributed by atoms with Gasteiger partial charge in [-0.25, -0.2) is 0 Å². The molecular formula is C57H69N5O9S. The Labute approximate surface area is 429 Å². The third kappa shape index (κ3) is 11.8. The number of allylic oxidation sites excluding steroid dienone is 3. The molecule has 8 rings (SSSR count). The summed E-state index contributed by atoms with van der Waals surface area (Å²) in [7, 11) is 4.82. The van der Waals surface area contributed by atoms with Gasteiger partial charge < -0.3 is 48.3 Å². The molecule has 2 amide bonds. The highest BCUT2D eigenvalue weighted by atomic mass is 32.2. The van der Waals surface area contributed by atoms with Gasteiger partial charge in [-0.3, -0.25) is 19.5 Å². The summed E-state index contributed by atoms with van der Waals surface area (Å²) in [5.74, 6) is 1.58. The molecule has 0 spiro atoms. The van der Waals surface area contributed by atoms with Crippen molar-refractivity contribution in [3.63, 3.8) is 0 Å². The van der Waals surface area contributed by atoms with Crippen LogP contribution in [-0.4, -0.2) is 119 Å². The van der Waals surface area contributed by atoms with Crippen molar-refractivity contribution in [1.82, 2.24) is 4.90 Å². The van der Waals surface area contributed by atoms with Gasteiger partial charge in [0.05, 0.1) is 81.8 Å². The van der Waals surface area contributed by atoms with E-state index in [2.05, 4.69) is 68.8 Å². The van der Waals surface area contributed by atoms with Gasteiger partial charge in [0, 0.05) is 73.3 Å². The van der Waals surface area contributed by atoms with Gasteiger partial charge in [0.1, 0.15) is 13.2 Å². The second-order valence-electron chi connectivity index (χ2n) is 19.1. The number of carbonyl (C=O) groups is 2. The summed E-state index contributed by atoms with van der Waals surface area (Å²) in [6.45, 7) is 19.7. The first-order valence-electron chi connectivity index (χ1n) is 24.8. The number of benzene rings is 4. The van der Waals surface area contributed by atoms with Gasteiger partial charge in [0.15, 0.2) is 23.0 Å². The summed E-state index contributed by atoms with van der Waals surface area (Å²) in [6, 6.07) is 21.4. The number of nitrogens with zero attached hydrogens (tertiary/aromatic N) is 4. The monoisotopic (exact) mass is 999 g/mol. The third-order valence-corrected chi connectivity index (χ3v) is 14.2. The number of hydrogen-bond donors (Lipinski definition) is 1. The minimum atomic E-state index is -0.241. The maximum Gasteiger partial charge on any atom is 0.261 e. The summed E-state index contributed by atoms with van der Waals surface area (Å²) in [4.78, 5) is 39.3. The van der Waals surface area contributed by atoms with Gasteiger partial charge in [-0.15, -0.1) is 0 Å². The lowest BCUT2D eigenvalue weighted by atomic mass is 10.1. The van der Waals surface area contributed by atoms with Crippen LogP contribution in [0.5, 0.6) is 23.0 Å². The van der Waals surface area contributed by atoms with Crippen molar-refractivity contribution < 1.29 is 42.7 Å². The molecule has 382 valence electrons. The Morgan fingerprint density at radius 1 is 0.833 bits per heavy atom. The number of nitrogens with one attached hydrogen (secondary N) is 1. The summed E-state index contributed by atoms with van der Waals surface area (Å²) in [6.07, 6.45) is 8.98. The highest BCUT2D eigenvalue weighted by Gasteiger charge is 2.39. The number of para-hydroxylation sites is 1. The molecule has 4 aliphatic heterocycles. The lowest BCUT2D eigenvalue weighted by molar-refractivity contribution is 0.0264. The molecule has 4 heterocycles. The van der Waals surface area contributed by atoms with E-state index in [0.29, 0.717) is 103 Å². The molecule has 15 heteroatoms. The average molecular weight is 1000 g/mol. The Morgan fingerprint density at radius 3 is 2.18 bits per heavy atom. The number of amides is 2. The van der Waals surface area contributed by atoms with Crippen LogP contribution in [0.3, 0.4) is 0 Å². The van der Waals surface area contributed by atoms with Gasteiger partial charge in [0.2, 0.25) is 0 Å². The fourth-order valence-electron chi connectivity index (χ4n) is 10.0. The molecule has 0 aromatic heterocycles. The van der Waals surface area contributed by atoms with Crippen LogP contribution in [0.4, 0.5) is 22.7 Å². The topological polar surface area (TPSA) is 133 Å². The second-order valence-corrected chi connectivity index (χ2v) is 21.4. The van der Waals surface area contributed by atoms with Crippen LogP contribution in [-0.2, 0) is 33.8 Å². The van der Waals surface area contributed by atoms with E-state index in [-0.39, 0.29) is 41.9 Å². The van der Waals surface area contributed by atoms with Crippen LogP contribution in [0.2, 0.25) is 0 Å². The average Bonchev–Trinajstić information content (AvgIpc) is 3.84. The predicted octanol–water partition coefficient (Wildman–Crippen LogP) is 10.2. The molecule has 0 aliphatic carbocycles. The Morgan fingerprint density at radius 2 is 1.50 bits per heavy atom. The van der Waals surface area contributed by atoms with Crippen LogP contribution in [0.15, 0.2) is 108 Å². The second kappa shape index (κ2) is 23.5.